The zero-order chi connectivity index (χ0) is 41.5. The number of rotatable bonds is 34. The van der Waals surface area contributed by atoms with E-state index in [2.05, 4.69) is 47.5 Å². The summed E-state index contributed by atoms with van der Waals surface area (Å²) < 4.78 is 0. The van der Waals surface area contributed by atoms with Crippen LogP contribution in [0.5, 0.6) is 5.75 Å². The third kappa shape index (κ3) is 23.1. The van der Waals surface area contributed by atoms with Crippen LogP contribution in [-0.4, -0.2) is 124 Å². The predicted octanol–water partition coefficient (Wildman–Crippen LogP) is -0.740. The summed E-state index contributed by atoms with van der Waals surface area (Å²) in [6.07, 6.45) is 9.03. The number of carbonyl (C=O) groups excluding carboxylic acids is 6. The molecule has 18 heteroatoms. The number of H-pyrrole nitrogens is 1. The lowest BCUT2D eigenvalue weighted by atomic mass is 10.1. The number of phenols is 1. The highest BCUT2D eigenvalue weighted by Crippen LogP contribution is 2.27. The summed E-state index contributed by atoms with van der Waals surface area (Å²) in [7, 11) is 0. The molecule has 14 N–H and O–H groups in total. The molecule has 1 heterocycles. The number of amides is 6. The molecule has 0 fully saturated rings. The Balaban J connectivity index is 1.39. The number of fused-ring (bicyclic) bond motifs is 1. The highest BCUT2D eigenvalue weighted by Gasteiger charge is 2.23. The van der Waals surface area contributed by atoms with Crippen LogP contribution >= 0.6 is 0 Å². The molecule has 0 spiro atoms. The number of aromatic hydroxyl groups is 1. The van der Waals surface area contributed by atoms with Crippen molar-refractivity contribution in [2.75, 3.05) is 72.0 Å². The molecule has 0 bridgehead atoms. The molecule has 0 radical (unpaired) electrons. The van der Waals surface area contributed by atoms with E-state index in [9.17, 15) is 33.9 Å². The van der Waals surface area contributed by atoms with E-state index in [4.69, 9.17) is 11.5 Å². The van der Waals surface area contributed by atoms with Crippen LogP contribution in [0.25, 0.3) is 10.9 Å². The molecule has 18 nitrogen and oxygen atoms in total. The van der Waals surface area contributed by atoms with Crippen molar-refractivity contribution in [1.82, 2.24) is 47.5 Å². The molecule has 0 saturated carbocycles. The first-order valence-corrected chi connectivity index (χ1v) is 20.4. The minimum absolute atomic E-state index is 0.00904. The molecule has 1 atom stereocenters. The molecular weight excluding hydrogens is 734 g/mol. The number of nitrogens with two attached hydrogens (primary N) is 2. The third-order valence-corrected chi connectivity index (χ3v) is 9.00. The Bertz CT molecular complexity index is 1500. The summed E-state index contributed by atoms with van der Waals surface area (Å²) in [5.74, 6) is -1.72. The van der Waals surface area contributed by atoms with E-state index in [1.54, 1.807) is 18.3 Å². The van der Waals surface area contributed by atoms with Crippen molar-refractivity contribution in [2.45, 2.75) is 89.5 Å². The summed E-state index contributed by atoms with van der Waals surface area (Å²) in [5, 5.41) is 34.4. The number of benzene rings is 1. The van der Waals surface area contributed by atoms with Crippen LogP contribution in [0.2, 0.25) is 0 Å². The Morgan fingerprint density at radius 3 is 1.70 bits per heavy atom. The zero-order valence-corrected chi connectivity index (χ0v) is 33.4. The topological polar surface area (TPSA) is 287 Å². The van der Waals surface area contributed by atoms with Crippen LogP contribution in [0.15, 0.2) is 24.4 Å². The molecule has 0 aliphatic rings. The molecule has 57 heavy (non-hydrogen) atoms. The Kier molecular flexibility index (Phi) is 25.8. The van der Waals surface area contributed by atoms with Gasteiger partial charge in [-0.15, -0.1) is 0 Å². The Hall–Kier alpha value is -4.78. The number of carbonyl (C=O) groups is 6. The fourth-order valence-electron chi connectivity index (χ4n) is 5.88. The first-order chi connectivity index (χ1) is 27.6. The lowest BCUT2D eigenvalue weighted by Crippen LogP contribution is -2.49. The van der Waals surface area contributed by atoms with Crippen LogP contribution in [0.3, 0.4) is 0 Å². The summed E-state index contributed by atoms with van der Waals surface area (Å²) in [4.78, 5) is 76.0. The second-order valence-electron chi connectivity index (χ2n) is 13.9. The molecule has 0 aliphatic heterocycles. The predicted molar refractivity (Wildman–Crippen MR) is 220 cm³/mol. The molecular formula is C39H67N11O7. The van der Waals surface area contributed by atoms with E-state index in [0.717, 1.165) is 58.0 Å². The first kappa shape index (κ1) is 48.4. The highest BCUT2D eigenvalue weighted by molar-refractivity contribution is 5.95. The van der Waals surface area contributed by atoms with Gasteiger partial charge in [-0.1, -0.05) is 6.07 Å². The number of unbranched alkanes of at least 4 members (excludes halogenated alkanes) is 4. The van der Waals surface area contributed by atoms with Gasteiger partial charge in [-0.2, -0.15) is 0 Å². The van der Waals surface area contributed by atoms with Crippen LogP contribution in [-0.2, 0) is 35.2 Å². The number of hydrogen-bond donors (Lipinski definition) is 12. The van der Waals surface area contributed by atoms with Crippen molar-refractivity contribution in [3.8, 4) is 5.75 Å². The monoisotopic (exact) mass is 802 g/mol. The molecule has 6 amide bonds. The minimum Gasteiger partial charge on any atom is -0.507 e. The summed E-state index contributed by atoms with van der Waals surface area (Å²) in [6.45, 7) is 6.88. The SMILES string of the molecule is NCCCCNCCC(=O)NCCCCNCCC(=O)NCCCNCCC(=O)NCCCCCNC(=O)[C@H](CC(N)=O)NC(=O)Cc1c[nH]c2cccc(O)c12. The van der Waals surface area contributed by atoms with Crippen molar-refractivity contribution < 1.29 is 33.9 Å². The molecule has 1 aromatic carbocycles. The van der Waals surface area contributed by atoms with Gasteiger partial charge in [0.1, 0.15) is 11.8 Å². The fourth-order valence-corrected chi connectivity index (χ4v) is 5.88. The standard InChI is InChI=1S/C39H67N11O7/c40-15-2-5-16-42-23-12-35(54)46-20-7-6-17-43-24-13-36(55)47-22-9-18-44-25-14-34(53)45-19-3-1-4-21-48-39(57)31(27-33(41)52)50-37(56)26-29-28-49-30-10-8-11-32(51)38(29)30/h8,10-11,28,31,42-44,49,51H,1-7,9,12-27,40H2,(H2,41,52)(H,45,53)(H,46,54)(H,47,55)(H,48,57)(H,50,56)/t31-/m0/s1. The summed E-state index contributed by atoms with van der Waals surface area (Å²) >= 11 is 0. The maximum absolute atomic E-state index is 12.7. The van der Waals surface area contributed by atoms with Crippen LogP contribution in [0.1, 0.15) is 82.6 Å². The Morgan fingerprint density at radius 2 is 1.12 bits per heavy atom. The van der Waals surface area contributed by atoms with Gasteiger partial charge in [0.2, 0.25) is 35.4 Å². The number of nitrogens with one attached hydrogen (secondary N) is 9. The van der Waals surface area contributed by atoms with Crippen LogP contribution in [0, 0.1) is 0 Å². The molecule has 0 unspecified atom stereocenters. The number of phenolic OH excluding ortho intramolecular Hbond substituents is 1. The summed E-state index contributed by atoms with van der Waals surface area (Å²) in [6, 6.07) is 3.85. The van der Waals surface area contributed by atoms with Gasteiger partial charge < -0.3 is 64.1 Å². The first-order valence-electron chi connectivity index (χ1n) is 20.4. The van der Waals surface area contributed by atoms with E-state index >= 15 is 0 Å². The molecule has 0 saturated heterocycles. The van der Waals surface area contributed by atoms with E-state index in [1.165, 1.54) is 6.07 Å². The van der Waals surface area contributed by atoms with Crippen LogP contribution < -0.4 is 54.0 Å². The third-order valence-electron chi connectivity index (χ3n) is 9.00. The van der Waals surface area contributed by atoms with Gasteiger partial charge in [0.15, 0.2) is 0 Å². The lowest BCUT2D eigenvalue weighted by molar-refractivity contribution is -0.131. The largest absolute Gasteiger partial charge is 0.507 e. The van der Waals surface area contributed by atoms with Crippen LogP contribution in [0.4, 0.5) is 0 Å². The van der Waals surface area contributed by atoms with Crippen molar-refractivity contribution in [3.05, 3.63) is 30.0 Å². The van der Waals surface area contributed by atoms with Crippen molar-refractivity contribution in [2.24, 2.45) is 11.5 Å². The van der Waals surface area contributed by atoms with Crippen molar-refractivity contribution in [1.29, 1.82) is 0 Å². The average molecular weight is 802 g/mol. The smallest absolute Gasteiger partial charge is 0.243 e. The quantitative estimate of drug-likeness (QED) is 0.0392. The second kappa shape index (κ2) is 30.4. The average Bonchev–Trinajstić information content (AvgIpc) is 3.59. The second-order valence-corrected chi connectivity index (χ2v) is 13.9. The Morgan fingerprint density at radius 1 is 0.614 bits per heavy atom. The number of primary amides is 1. The number of aromatic nitrogens is 1. The van der Waals surface area contributed by atoms with E-state index in [-0.39, 0.29) is 36.3 Å². The Labute approximate surface area is 335 Å². The zero-order valence-electron chi connectivity index (χ0n) is 33.4. The maximum atomic E-state index is 12.7. The molecule has 2 rings (SSSR count). The van der Waals surface area contributed by atoms with Gasteiger partial charge in [0.25, 0.3) is 0 Å². The molecule has 320 valence electrons. The van der Waals surface area contributed by atoms with Gasteiger partial charge in [-0.3, -0.25) is 28.8 Å². The van der Waals surface area contributed by atoms with E-state index < -0.39 is 23.8 Å². The fraction of sp³-hybridized carbons (Fsp3) is 0.641. The van der Waals surface area contributed by atoms with E-state index in [0.29, 0.717) is 101 Å². The summed E-state index contributed by atoms with van der Waals surface area (Å²) in [5.41, 5.74) is 12.0. The van der Waals surface area contributed by atoms with Gasteiger partial charge >= 0.3 is 0 Å². The van der Waals surface area contributed by atoms with Crippen molar-refractivity contribution in [3.63, 3.8) is 0 Å². The lowest BCUT2D eigenvalue weighted by Gasteiger charge is -2.17. The number of aromatic amines is 1. The molecule has 1 aromatic heterocycles. The van der Waals surface area contributed by atoms with Gasteiger partial charge in [0.05, 0.1) is 12.8 Å². The van der Waals surface area contributed by atoms with Gasteiger partial charge in [-0.25, -0.2) is 0 Å². The number of hydrogen-bond acceptors (Lipinski definition) is 11. The van der Waals surface area contributed by atoms with Gasteiger partial charge in [0, 0.05) is 82.2 Å². The highest BCUT2D eigenvalue weighted by atomic mass is 16.3. The maximum Gasteiger partial charge on any atom is 0.243 e. The molecule has 2 aromatic rings. The van der Waals surface area contributed by atoms with Gasteiger partial charge in [-0.05, 0) is 95.2 Å². The normalized spacial score (nSPS) is 11.5. The minimum atomic E-state index is -1.13. The van der Waals surface area contributed by atoms with E-state index in [1.807, 2.05) is 0 Å². The van der Waals surface area contributed by atoms with Crippen molar-refractivity contribution >= 4 is 46.3 Å². The molecule has 0 aliphatic carbocycles.